The summed E-state index contributed by atoms with van der Waals surface area (Å²) in [5, 5.41) is 0.688. The predicted molar refractivity (Wildman–Crippen MR) is 78.0 cm³/mol. The van der Waals surface area contributed by atoms with Crippen molar-refractivity contribution < 1.29 is 0 Å². The van der Waals surface area contributed by atoms with E-state index in [1.54, 1.807) is 6.20 Å². The van der Waals surface area contributed by atoms with Crippen LogP contribution in [0.1, 0.15) is 5.56 Å². The normalized spacial score (nSPS) is 11.0. The highest BCUT2D eigenvalue weighted by atomic mass is 79.9. The second kappa shape index (κ2) is 4.75. The van der Waals surface area contributed by atoms with Crippen LogP contribution in [0.4, 0.5) is 0 Å². The Hall–Kier alpha value is -1.32. The third-order valence-electron chi connectivity index (χ3n) is 2.83. The van der Waals surface area contributed by atoms with Crippen molar-refractivity contribution in [3.8, 4) is 0 Å². The maximum absolute atomic E-state index is 6.20. The van der Waals surface area contributed by atoms with Crippen LogP contribution in [0.15, 0.2) is 53.3 Å². The van der Waals surface area contributed by atoms with E-state index in [9.17, 15) is 0 Å². The van der Waals surface area contributed by atoms with Gasteiger partial charge in [0.1, 0.15) is 5.52 Å². The molecule has 2 nitrogen and oxygen atoms in total. The minimum atomic E-state index is 0.688. The van der Waals surface area contributed by atoms with Gasteiger partial charge in [0.2, 0.25) is 0 Å². The zero-order valence-corrected chi connectivity index (χ0v) is 11.8. The third kappa shape index (κ3) is 2.16. The van der Waals surface area contributed by atoms with E-state index in [1.807, 2.05) is 30.5 Å². The summed E-state index contributed by atoms with van der Waals surface area (Å²) in [6, 6.07) is 12.3. The number of hydrogen-bond donors (Lipinski definition) is 0. The van der Waals surface area contributed by atoms with Gasteiger partial charge in [-0.15, -0.1) is 0 Å². The van der Waals surface area contributed by atoms with Crippen molar-refractivity contribution in [2.75, 3.05) is 0 Å². The SMILES string of the molecule is Clc1cn(Cc2ccccc2)c2cc(Br)cnc12. The van der Waals surface area contributed by atoms with Gasteiger partial charge >= 0.3 is 0 Å². The highest BCUT2D eigenvalue weighted by Crippen LogP contribution is 2.26. The Morgan fingerprint density at radius 1 is 1.22 bits per heavy atom. The maximum Gasteiger partial charge on any atom is 0.107 e. The van der Waals surface area contributed by atoms with Crippen molar-refractivity contribution in [1.82, 2.24) is 9.55 Å². The van der Waals surface area contributed by atoms with Gasteiger partial charge in [-0.1, -0.05) is 41.9 Å². The summed E-state index contributed by atoms with van der Waals surface area (Å²) in [7, 11) is 0. The Labute approximate surface area is 118 Å². The van der Waals surface area contributed by atoms with Gasteiger partial charge in [0.15, 0.2) is 0 Å². The third-order valence-corrected chi connectivity index (χ3v) is 3.55. The van der Waals surface area contributed by atoms with Gasteiger partial charge in [0, 0.05) is 23.4 Å². The average molecular weight is 322 g/mol. The summed E-state index contributed by atoms with van der Waals surface area (Å²) in [5.41, 5.74) is 3.13. The predicted octanol–water partition coefficient (Wildman–Crippen LogP) is 4.50. The highest BCUT2D eigenvalue weighted by molar-refractivity contribution is 9.10. The van der Waals surface area contributed by atoms with Gasteiger partial charge in [-0.05, 0) is 27.6 Å². The van der Waals surface area contributed by atoms with E-state index < -0.39 is 0 Å². The second-order valence-electron chi connectivity index (χ2n) is 4.11. The molecule has 0 bridgehead atoms. The number of aromatic nitrogens is 2. The molecule has 1 aromatic carbocycles. The Balaban J connectivity index is 2.09. The molecule has 0 radical (unpaired) electrons. The molecular weight excluding hydrogens is 312 g/mol. The van der Waals surface area contributed by atoms with Gasteiger partial charge in [0.05, 0.1) is 10.5 Å². The van der Waals surface area contributed by atoms with E-state index in [0.29, 0.717) is 5.02 Å². The minimum Gasteiger partial charge on any atom is -0.340 e. The lowest BCUT2D eigenvalue weighted by Crippen LogP contribution is -1.97. The molecule has 2 aromatic heterocycles. The van der Waals surface area contributed by atoms with Crippen LogP contribution in [0.2, 0.25) is 5.02 Å². The standard InChI is InChI=1S/C14H10BrClN2/c15-11-6-13-14(17-7-11)12(16)9-18(13)8-10-4-2-1-3-5-10/h1-7,9H,8H2. The van der Waals surface area contributed by atoms with Crippen molar-refractivity contribution in [1.29, 1.82) is 0 Å². The average Bonchev–Trinajstić information content (AvgIpc) is 2.67. The molecule has 0 saturated heterocycles. The highest BCUT2D eigenvalue weighted by Gasteiger charge is 2.08. The molecule has 0 amide bonds. The zero-order chi connectivity index (χ0) is 12.5. The quantitative estimate of drug-likeness (QED) is 0.679. The number of pyridine rings is 1. The van der Waals surface area contributed by atoms with Crippen molar-refractivity contribution in [2.24, 2.45) is 0 Å². The smallest absolute Gasteiger partial charge is 0.107 e. The molecule has 18 heavy (non-hydrogen) atoms. The Kier molecular flexibility index (Phi) is 3.10. The van der Waals surface area contributed by atoms with E-state index in [1.165, 1.54) is 5.56 Å². The van der Waals surface area contributed by atoms with Crippen LogP contribution >= 0.6 is 27.5 Å². The molecular formula is C14H10BrClN2. The van der Waals surface area contributed by atoms with E-state index in [2.05, 4.69) is 37.6 Å². The number of halogens is 2. The molecule has 0 aliphatic rings. The Morgan fingerprint density at radius 3 is 2.78 bits per heavy atom. The molecule has 0 aliphatic carbocycles. The molecule has 0 spiro atoms. The first-order valence-corrected chi connectivity index (χ1v) is 6.75. The number of hydrogen-bond acceptors (Lipinski definition) is 1. The van der Waals surface area contributed by atoms with Crippen LogP contribution in [0.3, 0.4) is 0 Å². The molecule has 0 aliphatic heterocycles. The van der Waals surface area contributed by atoms with Crippen LogP contribution in [0.5, 0.6) is 0 Å². The number of rotatable bonds is 2. The van der Waals surface area contributed by atoms with Crippen molar-refractivity contribution >= 4 is 38.6 Å². The summed E-state index contributed by atoms with van der Waals surface area (Å²) in [5.74, 6) is 0. The molecule has 4 heteroatoms. The van der Waals surface area contributed by atoms with Gasteiger partial charge in [0.25, 0.3) is 0 Å². The van der Waals surface area contributed by atoms with E-state index in [4.69, 9.17) is 11.6 Å². The van der Waals surface area contributed by atoms with Crippen LogP contribution in [-0.2, 0) is 6.54 Å². The van der Waals surface area contributed by atoms with Crippen LogP contribution in [0.25, 0.3) is 11.0 Å². The molecule has 2 heterocycles. The molecule has 0 atom stereocenters. The number of benzene rings is 1. The summed E-state index contributed by atoms with van der Waals surface area (Å²) in [6.07, 6.45) is 3.69. The molecule has 0 unspecified atom stereocenters. The molecule has 90 valence electrons. The fourth-order valence-electron chi connectivity index (χ4n) is 2.01. The lowest BCUT2D eigenvalue weighted by molar-refractivity contribution is 0.836. The largest absolute Gasteiger partial charge is 0.340 e. The molecule has 0 saturated carbocycles. The summed E-state index contributed by atoms with van der Waals surface area (Å²) in [4.78, 5) is 4.34. The number of nitrogens with zero attached hydrogens (tertiary/aromatic N) is 2. The van der Waals surface area contributed by atoms with Crippen LogP contribution < -0.4 is 0 Å². The fourth-order valence-corrected chi connectivity index (χ4v) is 2.59. The first-order chi connectivity index (χ1) is 8.74. The summed E-state index contributed by atoms with van der Waals surface area (Å²) < 4.78 is 3.07. The van der Waals surface area contributed by atoms with Crippen molar-refractivity contribution in [2.45, 2.75) is 6.54 Å². The summed E-state index contributed by atoms with van der Waals surface area (Å²) in [6.45, 7) is 0.794. The zero-order valence-electron chi connectivity index (χ0n) is 9.48. The Morgan fingerprint density at radius 2 is 2.00 bits per heavy atom. The first-order valence-electron chi connectivity index (χ1n) is 5.58. The molecule has 3 aromatic rings. The first kappa shape index (κ1) is 11.8. The topological polar surface area (TPSA) is 17.8 Å². The van der Waals surface area contributed by atoms with Gasteiger partial charge < -0.3 is 4.57 Å². The van der Waals surface area contributed by atoms with Crippen molar-refractivity contribution in [3.63, 3.8) is 0 Å². The van der Waals surface area contributed by atoms with Crippen molar-refractivity contribution in [3.05, 3.63) is 63.9 Å². The molecule has 0 fully saturated rings. The number of fused-ring (bicyclic) bond motifs is 1. The van der Waals surface area contributed by atoms with Crippen LogP contribution in [-0.4, -0.2) is 9.55 Å². The maximum atomic E-state index is 6.20. The van der Waals surface area contributed by atoms with E-state index in [0.717, 1.165) is 22.1 Å². The van der Waals surface area contributed by atoms with Crippen LogP contribution in [0, 0.1) is 0 Å². The lowest BCUT2D eigenvalue weighted by atomic mass is 10.2. The monoisotopic (exact) mass is 320 g/mol. The minimum absolute atomic E-state index is 0.688. The molecule has 0 N–H and O–H groups in total. The van der Waals surface area contributed by atoms with E-state index in [-0.39, 0.29) is 0 Å². The van der Waals surface area contributed by atoms with Gasteiger partial charge in [-0.3, -0.25) is 4.98 Å². The second-order valence-corrected chi connectivity index (χ2v) is 5.43. The fraction of sp³-hybridized carbons (Fsp3) is 0.0714. The Bertz CT molecular complexity index is 692. The van der Waals surface area contributed by atoms with E-state index >= 15 is 0 Å². The molecule has 3 rings (SSSR count). The van der Waals surface area contributed by atoms with Gasteiger partial charge in [-0.2, -0.15) is 0 Å². The lowest BCUT2D eigenvalue weighted by Gasteiger charge is -2.05. The van der Waals surface area contributed by atoms with Gasteiger partial charge in [-0.25, -0.2) is 0 Å². The summed E-state index contributed by atoms with van der Waals surface area (Å²) >= 11 is 9.64.